The van der Waals surface area contributed by atoms with Crippen molar-refractivity contribution in [2.45, 2.75) is 38.6 Å². The molecule has 68 valence electrons. The predicted octanol–water partition coefficient (Wildman–Crippen LogP) is 1.35. The summed E-state index contributed by atoms with van der Waals surface area (Å²) >= 11 is 0. The Morgan fingerprint density at radius 3 is 2.58 bits per heavy atom. The molecule has 0 radical (unpaired) electrons. The monoisotopic (exact) mass is 167 g/mol. The third-order valence-corrected chi connectivity index (χ3v) is 3.24. The Morgan fingerprint density at radius 2 is 2.17 bits per heavy atom. The third kappa shape index (κ3) is 1.40. The molecule has 1 saturated heterocycles. The van der Waals surface area contributed by atoms with E-state index in [1.807, 2.05) is 0 Å². The molecule has 1 aliphatic heterocycles. The highest BCUT2D eigenvalue weighted by atomic mass is 16.1. The average molecular weight is 167 g/mol. The molecule has 1 unspecified atom stereocenters. The van der Waals surface area contributed by atoms with Crippen molar-refractivity contribution in [2.75, 3.05) is 6.54 Å². The van der Waals surface area contributed by atoms with Crippen LogP contribution in [0.4, 0.5) is 0 Å². The molecule has 2 nitrogen and oxygen atoms in total. The van der Waals surface area contributed by atoms with Crippen molar-refractivity contribution in [3.05, 3.63) is 0 Å². The molecule has 2 aliphatic rings. The van der Waals surface area contributed by atoms with Crippen LogP contribution >= 0.6 is 0 Å². The van der Waals surface area contributed by atoms with E-state index in [1.54, 1.807) is 0 Å². The molecule has 0 aromatic rings. The number of Topliss-reactive ketones (excluding diaryl/α,β-unsaturated/α-hetero) is 1. The van der Waals surface area contributed by atoms with Crippen molar-refractivity contribution in [3.63, 3.8) is 0 Å². The van der Waals surface area contributed by atoms with Gasteiger partial charge in [0.1, 0.15) is 0 Å². The molecule has 2 rings (SSSR count). The number of hydrogen-bond donors (Lipinski definition) is 1. The van der Waals surface area contributed by atoms with Crippen LogP contribution in [-0.4, -0.2) is 17.9 Å². The quantitative estimate of drug-likeness (QED) is 0.672. The van der Waals surface area contributed by atoms with Crippen LogP contribution in [0.3, 0.4) is 0 Å². The number of nitrogens with one attached hydrogen (secondary N) is 1. The average Bonchev–Trinajstić information content (AvgIpc) is 2.74. The molecule has 1 N–H and O–H groups in total. The van der Waals surface area contributed by atoms with Crippen LogP contribution < -0.4 is 5.32 Å². The first kappa shape index (κ1) is 8.24. The van der Waals surface area contributed by atoms with Gasteiger partial charge in [0.05, 0.1) is 6.54 Å². The first-order valence-electron chi connectivity index (χ1n) is 4.87. The third-order valence-electron chi connectivity index (χ3n) is 3.24. The van der Waals surface area contributed by atoms with E-state index in [9.17, 15) is 4.79 Å². The smallest absolute Gasteiger partial charge is 0.151 e. The van der Waals surface area contributed by atoms with Crippen LogP contribution in [0.2, 0.25) is 0 Å². The van der Waals surface area contributed by atoms with Gasteiger partial charge in [-0.25, -0.2) is 0 Å². The molecule has 1 aliphatic carbocycles. The van der Waals surface area contributed by atoms with E-state index in [-0.39, 0.29) is 11.5 Å². The Kier molecular flexibility index (Phi) is 1.76. The molecule has 1 atom stereocenters. The Morgan fingerprint density at radius 1 is 1.50 bits per heavy atom. The number of hydrogen-bond acceptors (Lipinski definition) is 2. The summed E-state index contributed by atoms with van der Waals surface area (Å²) in [7, 11) is 0. The summed E-state index contributed by atoms with van der Waals surface area (Å²) in [5.74, 6) is 1.56. The van der Waals surface area contributed by atoms with Crippen LogP contribution in [-0.2, 0) is 4.79 Å². The SMILES string of the molecule is CC1(C)NCC(=O)C1CC1CC1. The van der Waals surface area contributed by atoms with Gasteiger partial charge in [0.2, 0.25) is 0 Å². The second kappa shape index (κ2) is 2.56. The zero-order chi connectivity index (χ0) is 8.77. The second-order valence-electron chi connectivity index (χ2n) is 4.77. The number of carbonyl (C=O) groups excluding carboxylic acids is 1. The minimum atomic E-state index is 0.0552. The van der Waals surface area contributed by atoms with E-state index in [1.165, 1.54) is 12.8 Å². The van der Waals surface area contributed by atoms with Crippen LogP contribution in [0.1, 0.15) is 33.1 Å². The molecule has 2 heteroatoms. The highest BCUT2D eigenvalue weighted by Crippen LogP contribution is 2.40. The van der Waals surface area contributed by atoms with Crippen molar-refractivity contribution < 1.29 is 4.79 Å². The Labute approximate surface area is 73.7 Å². The van der Waals surface area contributed by atoms with Crippen LogP contribution in [0.5, 0.6) is 0 Å². The molecule has 12 heavy (non-hydrogen) atoms. The summed E-state index contributed by atoms with van der Waals surface area (Å²) in [6.07, 6.45) is 3.82. The molecule has 0 bridgehead atoms. The number of carbonyl (C=O) groups is 1. The van der Waals surface area contributed by atoms with Gasteiger partial charge in [-0.05, 0) is 26.2 Å². The summed E-state index contributed by atoms with van der Waals surface area (Å²) in [6, 6.07) is 0. The van der Waals surface area contributed by atoms with Gasteiger partial charge in [-0.3, -0.25) is 4.79 Å². The van der Waals surface area contributed by atoms with E-state index in [0.717, 1.165) is 12.3 Å². The van der Waals surface area contributed by atoms with Gasteiger partial charge in [0.15, 0.2) is 5.78 Å². The minimum absolute atomic E-state index is 0.0552. The van der Waals surface area contributed by atoms with Crippen molar-refractivity contribution >= 4 is 5.78 Å². The lowest BCUT2D eigenvalue weighted by Crippen LogP contribution is -2.38. The van der Waals surface area contributed by atoms with Crippen molar-refractivity contribution in [1.82, 2.24) is 5.32 Å². The lowest BCUT2D eigenvalue weighted by Gasteiger charge is -2.25. The molecule has 1 heterocycles. The highest BCUT2D eigenvalue weighted by Gasteiger charge is 2.43. The fourth-order valence-corrected chi connectivity index (χ4v) is 2.08. The standard InChI is InChI=1S/C10H17NO/c1-10(2)8(5-7-3-4-7)9(12)6-11-10/h7-8,11H,3-6H2,1-2H3. The minimum Gasteiger partial charge on any atom is -0.304 e. The molecule has 1 saturated carbocycles. The van der Waals surface area contributed by atoms with Gasteiger partial charge >= 0.3 is 0 Å². The van der Waals surface area contributed by atoms with Gasteiger partial charge < -0.3 is 5.32 Å². The van der Waals surface area contributed by atoms with Crippen molar-refractivity contribution in [2.24, 2.45) is 11.8 Å². The number of ketones is 1. The van der Waals surface area contributed by atoms with Crippen molar-refractivity contribution in [3.8, 4) is 0 Å². The molecule has 0 spiro atoms. The Bertz CT molecular complexity index is 206. The molecular formula is C10H17NO. The predicted molar refractivity (Wildman–Crippen MR) is 47.9 cm³/mol. The van der Waals surface area contributed by atoms with E-state index in [4.69, 9.17) is 0 Å². The molecule has 0 amide bonds. The maximum Gasteiger partial charge on any atom is 0.151 e. The van der Waals surface area contributed by atoms with Gasteiger partial charge in [-0.15, -0.1) is 0 Å². The fraction of sp³-hybridized carbons (Fsp3) is 0.900. The van der Waals surface area contributed by atoms with Gasteiger partial charge in [0.25, 0.3) is 0 Å². The second-order valence-corrected chi connectivity index (χ2v) is 4.77. The zero-order valence-corrected chi connectivity index (χ0v) is 7.89. The summed E-state index contributed by atoms with van der Waals surface area (Å²) in [6.45, 7) is 4.88. The van der Waals surface area contributed by atoms with Gasteiger partial charge in [-0.2, -0.15) is 0 Å². The van der Waals surface area contributed by atoms with E-state index in [0.29, 0.717) is 12.3 Å². The van der Waals surface area contributed by atoms with E-state index >= 15 is 0 Å². The Balaban J connectivity index is 2.03. The number of rotatable bonds is 2. The van der Waals surface area contributed by atoms with Crippen molar-refractivity contribution in [1.29, 1.82) is 0 Å². The maximum absolute atomic E-state index is 11.5. The van der Waals surface area contributed by atoms with E-state index < -0.39 is 0 Å². The topological polar surface area (TPSA) is 29.1 Å². The first-order valence-corrected chi connectivity index (χ1v) is 4.87. The molecule has 0 aromatic heterocycles. The highest BCUT2D eigenvalue weighted by molar-refractivity contribution is 5.86. The molecule has 2 fully saturated rings. The summed E-state index contributed by atoms with van der Waals surface area (Å²) in [5.41, 5.74) is 0.0552. The molecular weight excluding hydrogens is 150 g/mol. The largest absolute Gasteiger partial charge is 0.304 e. The van der Waals surface area contributed by atoms with Gasteiger partial charge in [-0.1, -0.05) is 12.8 Å². The van der Waals surface area contributed by atoms with Gasteiger partial charge in [0, 0.05) is 11.5 Å². The van der Waals surface area contributed by atoms with E-state index in [2.05, 4.69) is 19.2 Å². The summed E-state index contributed by atoms with van der Waals surface area (Å²) in [4.78, 5) is 11.5. The fourth-order valence-electron chi connectivity index (χ4n) is 2.08. The first-order chi connectivity index (χ1) is 5.59. The lowest BCUT2D eigenvalue weighted by atomic mass is 9.84. The molecule has 0 aromatic carbocycles. The normalized spacial score (nSPS) is 34.2. The zero-order valence-electron chi connectivity index (χ0n) is 7.89. The maximum atomic E-state index is 11.5. The lowest BCUT2D eigenvalue weighted by molar-refractivity contribution is -0.120. The van der Waals surface area contributed by atoms with Crippen LogP contribution in [0.25, 0.3) is 0 Å². The van der Waals surface area contributed by atoms with Crippen LogP contribution in [0, 0.1) is 11.8 Å². The summed E-state index contributed by atoms with van der Waals surface area (Å²) < 4.78 is 0. The Hall–Kier alpha value is -0.370. The van der Waals surface area contributed by atoms with Crippen LogP contribution in [0.15, 0.2) is 0 Å². The summed E-state index contributed by atoms with van der Waals surface area (Å²) in [5, 5.41) is 3.28.